The van der Waals surface area contributed by atoms with Crippen molar-refractivity contribution >= 4 is 17.2 Å². The number of hydrogen-bond donors (Lipinski definition) is 2. The first-order chi connectivity index (χ1) is 16.1. The summed E-state index contributed by atoms with van der Waals surface area (Å²) in [4.78, 5) is 4.52. The Bertz CT molecular complexity index is 1290. The van der Waals surface area contributed by atoms with Gasteiger partial charge < -0.3 is 20.1 Å². The van der Waals surface area contributed by atoms with Gasteiger partial charge in [0.25, 0.3) is 0 Å². The third-order valence-electron chi connectivity index (χ3n) is 6.25. The first kappa shape index (κ1) is 20.2. The fraction of sp³-hybridized carbons (Fsp3) is 0.375. The zero-order chi connectivity index (χ0) is 22.4. The molecule has 0 saturated carbocycles. The van der Waals surface area contributed by atoms with Gasteiger partial charge in [-0.15, -0.1) is 0 Å². The Kier molecular flexibility index (Phi) is 5.00. The molecule has 4 aromatic rings. The van der Waals surface area contributed by atoms with E-state index in [-0.39, 0.29) is 6.10 Å². The van der Waals surface area contributed by atoms with Crippen molar-refractivity contribution in [3.63, 3.8) is 0 Å². The Labute approximate surface area is 191 Å². The lowest BCUT2D eigenvalue weighted by Crippen LogP contribution is -2.56. The molecule has 33 heavy (non-hydrogen) atoms. The smallest absolute Gasteiger partial charge is 0.154 e. The average Bonchev–Trinajstić information content (AvgIpc) is 3.39. The number of aryl methyl sites for hydroxylation is 2. The molecule has 6 heterocycles. The Balaban J connectivity index is 1.28. The summed E-state index contributed by atoms with van der Waals surface area (Å²) in [6.07, 6.45) is 7.75. The number of rotatable bonds is 5. The van der Waals surface area contributed by atoms with Gasteiger partial charge in [0, 0.05) is 67.8 Å². The number of hydrogen-bond acceptors (Lipinski definition) is 7. The van der Waals surface area contributed by atoms with Crippen molar-refractivity contribution in [3.05, 3.63) is 54.6 Å². The van der Waals surface area contributed by atoms with Crippen LogP contribution in [0.3, 0.4) is 0 Å². The van der Waals surface area contributed by atoms with E-state index >= 15 is 0 Å². The predicted octanol–water partition coefficient (Wildman–Crippen LogP) is 3.08. The third-order valence-corrected chi connectivity index (χ3v) is 6.25. The highest BCUT2D eigenvalue weighted by molar-refractivity contribution is 5.75. The highest BCUT2D eigenvalue weighted by atomic mass is 16.5. The molecule has 0 aromatic carbocycles. The first-order valence-electron chi connectivity index (χ1n) is 11.3. The van der Waals surface area contributed by atoms with E-state index in [1.165, 1.54) is 0 Å². The Morgan fingerprint density at radius 3 is 2.70 bits per heavy atom. The molecule has 2 bridgehead atoms. The number of nitrogens with one attached hydrogen (secondary N) is 2. The van der Waals surface area contributed by atoms with Crippen molar-refractivity contribution < 1.29 is 9.47 Å². The molecule has 2 saturated heterocycles. The monoisotopic (exact) mass is 445 g/mol. The van der Waals surface area contributed by atoms with E-state index in [9.17, 15) is 0 Å². The van der Waals surface area contributed by atoms with Crippen LogP contribution in [0.25, 0.3) is 16.6 Å². The summed E-state index contributed by atoms with van der Waals surface area (Å²) < 4.78 is 15.8. The molecular formula is C24H27N7O2. The standard InChI is InChI=1S/C24H27N7O2/c1-15-7-21(22(12-25-15)33-20-9-17-13-32-14-18(10-20)26-17)16-3-6-31-19(8-16)11-24(29-31)27-23-4-5-30(2)28-23/h3-8,11-12,17-18,20,26H,9-10,13-14H2,1-2H3,(H,27,28,29)/t17-,18+,20-. The van der Waals surface area contributed by atoms with E-state index in [1.54, 1.807) is 4.68 Å². The van der Waals surface area contributed by atoms with Crippen LogP contribution < -0.4 is 15.4 Å². The zero-order valence-corrected chi connectivity index (χ0v) is 18.7. The predicted molar refractivity (Wildman–Crippen MR) is 125 cm³/mol. The van der Waals surface area contributed by atoms with Crippen molar-refractivity contribution in [2.75, 3.05) is 18.5 Å². The van der Waals surface area contributed by atoms with E-state index in [0.717, 1.165) is 65.8 Å². The lowest BCUT2D eigenvalue weighted by atomic mass is 9.94. The minimum atomic E-state index is 0.154. The maximum absolute atomic E-state index is 6.53. The molecule has 0 unspecified atom stereocenters. The number of morpholine rings is 1. The number of ether oxygens (including phenoxy) is 2. The first-order valence-corrected chi connectivity index (χ1v) is 11.3. The van der Waals surface area contributed by atoms with Crippen molar-refractivity contribution in [2.24, 2.45) is 7.05 Å². The van der Waals surface area contributed by atoms with E-state index in [4.69, 9.17) is 9.47 Å². The molecule has 2 N–H and O–H groups in total. The molecule has 2 aliphatic heterocycles. The van der Waals surface area contributed by atoms with Crippen molar-refractivity contribution in [2.45, 2.75) is 38.0 Å². The molecule has 4 aromatic heterocycles. The fourth-order valence-electron chi connectivity index (χ4n) is 4.76. The summed E-state index contributed by atoms with van der Waals surface area (Å²) in [5.74, 6) is 2.33. The van der Waals surface area contributed by atoms with Crippen LogP contribution >= 0.6 is 0 Å². The summed E-state index contributed by atoms with van der Waals surface area (Å²) in [6.45, 7) is 3.51. The van der Waals surface area contributed by atoms with E-state index in [1.807, 2.05) is 49.2 Å². The summed E-state index contributed by atoms with van der Waals surface area (Å²) in [5, 5.41) is 15.8. The van der Waals surface area contributed by atoms with Gasteiger partial charge in [0.2, 0.25) is 0 Å². The number of nitrogens with zero attached hydrogens (tertiary/aromatic N) is 5. The van der Waals surface area contributed by atoms with Gasteiger partial charge in [-0.3, -0.25) is 9.67 Å². The fourth-order valence-corrected chi connectivity index (χ4v) is 4.76. The van der Waals surface area contributed by atoms with Gasteiger partial charge >= 0.3 is 0 Å². The molecule has 9 nitrogen and oxygen atoms in total. The zero-order valence-electron chi connectivity index (χ0n) is 18.7. The van der Waals surface area contributed by atoms with Crippen LogP contribution in [0.4, 0.5) is 11.6 Å². The average molecular weight is 446 g/mol. The molecule has 2 fully saturated rings. The van der Waals surface area contributed by atoms with Gasteiger partial charge in [-0.2, -0.15) is 10.2 Å². The number of aromatic nitrogens is 5. The van der Waals surface area contributed by atoms with Crippen molar-refractivity contribution in [1.82, 2.24) is 29.7 Å². The Morgan fingerprint density at radius 1 is 1.06 bits per heavy atom. The number of pyridine rings is 2. The summed E-state index contributed by atoms with van der Waals surface area (Å²) in [5.41, 5.74) is 4.06. The van der Waals surface area contributed by atoms with Crippen molar-refractivity contribution in [3.8, 4) is 16.9 Å². The molecule has 3 atom stereocenters. The van der Waals surface area contributed by atoms with Gasteiger partial charge in [-0.1, -0.05) is 0 Å². The summed E-state index contributed by atoms with van der Waals surface area (Å²) in [6, 6.07) is 10.9. The molecule has 0 aliphatic carbocycles. The van der Waals surface area contributed by atoms with Crippen LogP contribution in [0, 0.1) is 6.92 Å². The topological polar surface area (TPSA) is 90.5 Å². The number of fused-ring (bicyclic) bond motifs is 3. The molecule has 0 amide bonds. The minimum absolute atomic E-state index is 0.154. The van der Waals surface area contributed by atoms with Crippen LogP contribution in [-0.4, -0.2) is 55.8 Å². The highest BCUT2D eigenvalue weighted by Crippen LogP contribution is 2.34. The van der Waals surface area contributed by atoms with Gasteiger partial charge in [0.15, 0.2) is 11.6 Å². The molecule has 2 aliphatic rings. The minimum Gasteiger partial charge on any atom is -0.488 e. The quantitative estimate of drug-likeness (QED) is 0.488. The molecule has 170 valence electrons. The third kappa shape index (κ3) is 4.17. The van der Waals surface area contributed by atoms with Gasteiger partial charge in [-0.05, 0) is 30.7 Å². The van der Waals surface area contributed by atoms with Crippen LogP contribution in [0.15, 0.2) is 48.9 Å². The van der Waals surface area contributed by atoms with Gasteiger partial charge in [0.1, 0.15) is 11.9 Å². The second-order valence-corrected chi connectivity index (χ2v) is 8.95. The largest absolute Gasteiger partial charge is 0.488 e. The second kappa shape index (κ2) is 8.17. The van der Waals surface area contributed by atoms with Crippen LogP contribution in [-0.2, 0) is 11.8 Å². The molecular weight excluding hydrogens is 418 g/mol. The SMILES string of the molecule is Cc1cc(-c2ccn3nc(Nc4ccn(C)n4)cc3c2)c(O[C@H]2C[C@H]3COC[C@@H](C2)N3)cn1. The van der Waals surface area contributed by atoms with Crippen LogP contribution in [0.1, 0.15) is 18.5 Å². The highest BCUT2D eigenvalue weighted by Gasteiger charge is 2.33. The molecule has 6 rings (SSSR count). The summed E-state index contributed by atoms with van der Waals surface area (Å²) >= 11 is 0. The van der Waals surface area contributed by atoms with Gasteiger partial charge in [0.05, 0.1) is 24.9 Å². The van der Waals surface area contributed by atoms with E-state index in [2.05, 4.69) is 44.0 Å². The maximum Gasteiger partial charge on any atom is 0.154 e. The van der Waals surface area contributed by atoms with E-state index < -0.39 is 0 Å². The van der Waals surface area contributed by atoms with Crippen LogP contribution in [0.2, 0.25) is 0 Å². The Morgan fingerprint density at radius 2 is 1.91 bits per heavy atom. The van der Waals surface area contributed by atoms with Gasteiger partial charge in [-0.25, -0.2) is 4.52 Å². The lowest BCUT2D eigenvalue weighted by Gasteiger charge is -2.40. The molecule has 9 heteroatoms. The second-order valence-electron chi connectivity index (χ2n) is 8.95. The Hall–Kier alpha value is -3.43. The van der Waals surface area contributed by atoms with Crippen molar-refractivity contribution in [1.29, 1.82) is 0 Å². The summed E-state index contributed by atoms with van der Waals surface area (Å²) in [7, 11) is 1.89. The van der Waals surface area contributed by atoms with E-state index in [0.29, 0.717) is 12.1 Å². The molecule has 0 spiro atoms. The maximum atomic E-state index is 6.53. The number of piperidine rings is 1. The normalized spacial score (nSPS) is 22.4. The lowest BCUT2D eigenvalue weighted by molar-refractivity contribution is -0.0122. The van der Waals surface area contributed by atoms with Crippen LogP contribution in [0.5, 0.6) is 5.75 Å². The number of anilines is 2. The molecule has 0 radical (unpaired) electrons.